The Hall–Kier alpha value is -2.22. The molecule has 2 aliphatic rings. The molecule has 0 aromatic heterocycles. The molecule has 2 aliphatic heterocycles. The van der Waals surface area contributed by atoms with Gasteiger partial charge in [0.05, 0.1) is 5.92 Å². The first-order valence-corrected chi connectivity index (χ1v) is 10.4. The first kappa shape index (κ1) is 22.5. The van der Waals surface area contributed by atoms with Crippen LogP contribution < -0.4 is 0 Å². The van der Waals surface area contributed by atoms with Crippen molar-refractivity contribution in [1.82, 2.24) is 14.7 Å². The first-order chi connectivity index (χ1) is 13.9. The summed E-state index contributed by atoms with van der Waals surface area (Å²) < 4.78 is 28.1. The smallest absolute Gasteiger partial charge is 0.407 e. The number of carbonyl (C=O) groups is 2. The average Bonchev–Trinajstić information content (AvgIpc) is 3.08. The van der Waals surface area contributed by atoms with Crippen LogP contribution in [0.1, 0.15) is 46.1 Å². The molecule has 1 aromatic rings. The molecule has 1 aromatic carbocycles. The van der Waals surface area contributed by atoms with Crippen LogP contribution >= 0.6 is 0 Å². The number of carboxylic acid groups (broad SMARTS) is 1. The zero-order chi connectivity index (χ0) is 22.4. The third-order valence-corrected chi connectivity index (χ3v) is 6.46. The lowest BCUT2D eigenvalue weighted by Crippen LogP contribution is -2.60. The number of nitrogens with zero attached hydrogens (tertiary/aromatic N) is 3. The van der Waals surface area contributed by atoms with Gasteiger partial charge in [-0.05, 0) is 46.2 Å². The van der Waals surface area contributed by atoms with Crippen molar-refractivity contribution in [2.75, 3.05) is 26.2 Å². The summed E-state index contributed by atoms with van der Waals surface area (Å²) in [5.74, 6) is -2.24. The molecule has 0 radical (unpaired) electrons. The van der Waals surface area contributed by atoms with Gasteiger partial charge >= 0.3 is 6.09 Å². The molecule has 6 nitrogen and oxygen atoms in total. The summed E-state index contributed by atoms with van der Waals surface area (Å²) in [6.07, 6.45) is -0.993. The standard InChI is InChI=1S/C22H31F2N3O3/c1-13-10-27(21(29)30)14(2)9-26(13)20(28)18-12-25(22(3,4)5)11-17(18)16-7-6-15(23)8-19(16)24/h6-8,13-14,17-18H,9-12H2,1-5H3,(H,29,30)/t13-,14+,17-,18+/m0/s1. The van der Waals surface area contributed by atoms with E-state index in [1.807, 2.05) is 27.7 Å². The number of likely N-dealkylation sites (tertiary alicyclic amines) is 1. The van der Waals surface area contributed by atoms with E-state index in [0.717, 1.165) is 6.07 Å². The van der Waals surface area contributed by atoms with Gasteiger partial charge in [-0.25, -0.2) is 13.6 Å². The van der Waals surface area contributed by atoms with E-state index in [4.69, 9.17) is 0 Å². The highest BCUT2D eigenvalue weighted by Crippen LogP contribution is 2.39. The average molecular weight is 424 g/mol. The van der Waals surface area contributed by atoms with E-state index in [0.29, 0.717) is 25.2 Å². The number of benzene rings is 1. The van der Waals surface area contributed by atoms with E-state index in [9.17, 15) is 23.5 Å². The van der Waals surface area contributed by atoms with Crippen molar-refractivity contribution in [3.05, 3.63) is 35.4 Å². The molecular weight excluding hydrogens is 392 g/mol. The lowest BCUT2D eigenvalue weighted by molar-refractivity contribution is -0.141. The maximum Gasteiger partial charge on any atom is 0.407 e. The van der Waals surface area contributed by atoms with Crippen LogP contribution in [-0.4, -0.2) is 75.6 Å². The maximum atomic E-state index is 14.6. The highest BCUT2D eigenvalue weighted by atomic mass is 19.1. The summed E-state index contributed by atoms with van der Waals surface area (Å²) in [5.41, 5.74) is 0.149. The van der Waals surface area contributed by atoms with Gasteiger partial charge < -0.3 is 14.9 Å². The molecule has 2 saturated heterocycles. The zero-order valence-corrected chi connectivity index (χ0v) is 18.2. The number of piperazine rings is 1. The quantitative estimate of drug-likeness (QED) is 0.792. The summed E-state index contributed by atoms with van der Waals surface area (Å²) in [6.45, 7) is 11.3. The first-order valence-electron chi connectivity index (χ1n) is 10.4. The second-order valence-corrected chi connectivity index (χ2v) is 9.58. The van der Waals surface area contributed by atoms with Crippen LogP contribution in [0.2, 0.25) is 0 Å². The fraction of sp³-hybridized carbons (Fsp3) is 0.636. The van der Waals surface area contributed by atoms with E-state index in [1.54, 1.807) is 11.8 Å². The number of hydrogen-bond donors (Lipinski definition) is 1. The van der Waals surface area contributed by atoms with Crippen molar-refractivity contribution in [2.24, 2.45) is 5.92 Å². The summed E-state index contributed by atoms with van der Waals surface area (Å²) in [4.78, 5) is 30.3. The number of rotatable bonds is 2. The summed E-state index contributed by atoms with van der Waals surface area (Å²) in [7, 11) is 0. The van der Waals surface area contributed by atoms with Crippen molar-refractivity contribution >= 4 is 12.0 Å². The number of halogens is 2. The zero-order valence-electron chi connectivity index (χ0n) is 18.2. The lowest BCUT2D eigenvalue weighted by Gasteiger charge is -2.44. The molecule has 2 amide bonds. The fourth-order valence-corrected chi connectivity index (χ4v) is 4.63. The molecule has 0 unspecified atom stereocenters. The maximum absolute atomic E-state index is 14.6. The van der Waals surface area contributed by atoms with Gasteiger partial charge in [0.2, 0.25) is 5.91 Å². The molecule has 0 aliphatic carbocycles. The minimum absolute atomic E-state index is 0.0973. The van der Waals surface area contributed by atoms with Crippen LogP contribution in [-0.2, 0) is 4.79 Å². The van der Waals surface area contributed by atoms with Gasteiger partial charge in [0, 0.05) is 55.8 Å². The molecule has 166 valence electrons. The highest BCUT2D eigenvalue weighted by molar-refractivity contribution is 5.81. The van der Waals surface area contributed by atoms with Gasteiger partial charge in [-0.1, -0.05) is 6.07 Å². The van der Waals surface area contributed by atoms with Gasteiger partial charge in [-0.15, -0.1) is 0 Å². The summed E-state index contributed by atoms with van der Waals surface area (Å²) >= 11 is 0. The number of hydrogen-bond acceptors (Lipinski definition) is 3. The topological polar surface area (TPSA) is 64.1 Å². The predicted molar refractivity (Wildman–Crippen MR) is 109 cm³/mol. The van der Waals surface area contributed by atoms with Crippen molar-refractivity contribution in [1.29, 1.82) is 0 Å². The van der Waals surface area contributed by atoms with Crippen molar-refractivity contribution in [3.8, 4) is 0 Å². The van der Waals surface area contributed by atoms with Crippen molar-refractivity contribution in [3.63, 3.8) is 0 Å². The molecule has 0 bridgehead atoms. The van der Waals surface area contributed by atoms with Crippen molar-refractivity contribution in [2.45, 2.75) is 58.2 Å². The van der Waals surface area contributed by atoms with Crippen LogP contribution in [0, 0.1) is 17.6 Å². The number of amides is 2. The van der Waals surface area contributed by atoms with Crippen LogP contribution in [0.4, 0.5) is 13.6 Å². The molecule has 8 heteroatoms. The molecule has 30 heavy (non-hydrogen) atoms. The molecule has 0 spiro atoms. The second-order valence-electron chi connectivity index (χ2n) is 9.58. The molecule has 4 atom stereocenters. The largest absolute Gasteiger partial charge is 0.465 e. The van der Waals surface area contributed by atoms with E-state index in [2.05, 4.69) is 4.90 Å². The Labute approximate surface area is 176 Å². The van der Waals surface area contributed by atoms with Gasteiger partial charge in [0.15, 0.2) is 0 Å². The molecule has 2 heterocycles. The number of carbonyl (C=O) groups excluding carboxylic acids is 1. The summed E-state index contributed by atoms with van der Waals surface area (Å²) in [6, 6.07) is 2.95. The van der Waals surface area contributed by atoms with Gasteiger partial charge in [0.1, 0.15) is 11.6 Å². The van der Waals surface area contributed by atoms with Crippen LogP contribution in [0.25, 0.3) is 0 Å². The molecule has 0 saturated carbocycles. The van der Waals surface area contributed by atoms with E-state index < -0.39 is 29.6 Å². The van der Waals surface area contributed by atoms with Gasteiger partial charge in [-0.2, -0.15) is 0 Å². The van der Waals surface area contributed by atoms with Crippen molar-refractivity contribution < 1.29 is 23.5 Å². The molecule has 3 rings (SSSR count). The lowest BCUT2D eigenvalue weighted by atomic mass is 9.87. The minimum atomic E-state index is -0.993. The summed E-state index contributed by atoms with van der Waals surface area (Å²) in [5, 5.41) is 9.37. The third kappa shape index (κ3) is 4.29. The third-order valence-electron chi connectivity index (χ3n) is 6.46. The van der Waals surface area contributed by atoms with Crippen LogP contribution in [0.15, 0.2) is 18.2 Å². The van der Waals surface area contributed by atoms with E-state index in [-0.39, 0.29) is 30.1 Å². The Morgan fingerprint density at radius 2 is 1.60 bits per heavy atom. The van der Waals surface area contributed by atoms with Gasteiger partial charge in [0.25, 0.3) is 0 Å². The highest BCUT2D eigenvalue weighted by Gasteiger charge is 2.46. The Balaban J connectivity index is 1.90. The van der Waals surface area contributed by atoms with Crippen LogP contribution in [0.5, 0.6) is 0 Å². The van der Waals surface area contributed by atoms with Gasteiger partial charge in [-0.3, -0.25) is 9.69 Å². The van der Waals surface area contributed by atoms with E-state index >= 15 is 0 Å². The van der Waals surface area contributed by atoms with Crippen LogP contribution in [0.3, 0.4) is 0 Å². The normalized spacial score (nSPS) is 28.1. The van der Waals surface area contributed by atoms with E-state index in [1.165, 1.54) is 17.0 Å². The second kappa shape index (κ2) is 8.13. The Morgan fingerprint density at radius 3 is 2.17 bits per heavy atom. The molecule has 1 N–H and O–H groups in total. The predicted octanol–water partition coefficient (Wildman–Crippen LogP) is 3.38. The molecule has 2 fully saturated rings. The monoisotopic (exact) mass is 423 g/mol. The molecular formula is C22H31F2N3O3. The fourth-order valence-electron chi connectivity index (χ4n) is 4.63. The SMILES string of the molecule is C[C@@H]1CN(C(=O)[C@@H]2CN(C(C)(C)C)C[C@H]2c2ccc(F)cc2F)[C@@H](C)CN1C(=O)O. The Kier molecular flexibility index (Phi) is 6.09. The Morgan fingerprint density at radius 1 is 1.00 bits per heavy atom. The minimum Gasteiger partial charge on any atom is -0.465 e. The Bertz CT molecular complexity index is 826.